The second kappa shape index (κ2) is 9.09. The predicted octanol–water partition coefficient (Wildman–Crippen LogP) is 7.53. The first kappa shape index (κ1) is 22.8. The van der Waals surface area contributed by atoms with Crippen molar-refractivity contribution in [2.75, 3.05) is 0 Å². The fourth-order valence-corrected chi connectivity index (χ4v) is 5.43. The molecule has 6 heteroatoms. The third kappa shape index (κ3) is 3.76. The van der Waals surface area contributed by atoms with Crippen molar-refractivity contribution in [2.45, 2.75) is 9.92 Å². The summed E-state index contributed by atoms with van der Waals surface area (Å²) in [5.74, 6) is 1.05. The molecule has 0 unspecified atom stereocenters. The van der Waals surface area contributed by atoms with Crippen molar-refractivity contribution in [1.29, 1.82) is 0 Å². The fraction of sp³-hybridized carbons (Fsp3) is 0. The third-order valence-electron chi connectivity index (χ3n) is 6.29. The van der Waals surface area contributed by atoms with E-state index >= 15 is 0 Å². The average molecular weight is 664 g/mol. The van der Waals surface area contributed by atoms with Crippen LogP contribution in [0, 0.1) is 6.07 Å². The van der Waals surface area contributed by atoms with Gasteiger partial charge in [-0.15, -0.1) is 11.5 Å². The van der Waals surface area contributed by atoms with Crippen molar-refractivity contribution >= 4 is 55.2 Å². The van der Waals surface area contributed by atoms with E-state index in [0.29, 0.717) is 5.52 Å². The SMILES string of the molecule is Oc1cccc2ccc(Sc3[c-]c4c(cc3)c3ccccc3n4-c3cc4ccccc4cn3)nc12.[Pt]. The molecule has 0 radical (unpaired) electrons. The number of para-hydroxylation sites is 2. The number of hydrogen-bond donors (Lipinski definition) is 1. The Hall–Kier alpha value is -3.66. The van der Waals surface area contributed by atoms with Crippen molar-refractivity contribution in [1.82, 2.24) is 14.5 Å². The molecule has 7 aromatic rings. The molecule has 0 aliphatic heterocycles. The Morgan fingerprint density at radius 3 is 2.47 bits per heavy atom. The van der Waals surface area contributed by atoms with Crippen molar-refractivity contribution < 1.29 is 26.2 Å². The maximum atomic E-state index is 10.2. The molecule has 4 aromatic carbocycles. The summed E-state index contributed by atoms with van der Waals surface area (Å²) in [7, 11) is 0. The molecule has 176 valence electrons. The third-order valence-corrected chi connectivity index (χ3v) is 7.18. The Morgan fingerprint density at radius 2 is 1.56 bits per heavy atom. The molecule has 0 spiro atoms. The number of hydrogen-bond acceptors (Lipinski definition) is 4. The number of nitrogens with zero attached hydrogens (tertiary/aromatic N) is 3. The summed E-state index contributed by atoms with van der Waals surface area (Å²) < 4.78 is 2.18. The Bertz CT molecular complexity index is 1910. The number of aromatic nitrogens is 3. The average Bonchev–Trinajstić information content (AvgIpc) is 3.22. The van der Waals surface area contributed by atoms with Gasteiger partial charge >= 0.3 is 0 Å². The molecule has 0 amide bonds. The first-order valence-electron chi connectivity index (χ1n) is 11.3. The minimum absolute atomic E-state index is 0. The molecular weight excluding hydrogens is 645 g/mol. The Labute approximate surface area is 225 Å². The van der Waals surface area contributed by atoms with Crippen LogP contribution in [0.2, 0.25) is 0 Å². The normalized spacial score (nSPS) is 11.3. The van der Waals surface area contributed by atoms with Crippen LogP contribution in [-0.4, -0.2) is 19.6 Å². The maximum absolute atomic E-state index is 10.2. The molecule has 0 aliphatic carbocycles. The zero-order chi connectivity index (χ0) is 23.4. The van der Waals surface area contributed by atoms with E-state index in [1.807, 2.05) is 42.6 Å². The van der Waals surface area contributed by atoms with Crippen molar-refractivity contribution in [2.24, 2.45) is 0 Å². The van der Waals surface area contributed by atoms with Crippen molar-refractivity contribution in [3.63, 3.8) is 0 Å². The van der Waals surface area contributed by atoms with Crippen LogP contribution in [-0.2, 0) is 21.1 Å². The van der Waals surface area contributed by atoms with Gasteiger partial charge in [0.15, 0.2) is 0 Å². The van der Waals surface area contributed by atoms with E-state index in [-0.39, 0.29) is 26.8 Å². The summed E-state index contributed by atoms with van der Waals surface area (Å²) in [6.45, 7) is 0. The van der Waals surface area contributed by atoms with E-state index in [0.717, 1.165) is 48.3 Å². The van der Waals surface area contributed by atoms with E-state index in [2.05, 4.69) is 70.2 Å². The van der Waals surface area contributed by atoms with Gasteiger partial charge in [0.1, 0.15) is 17.1 Å². The van der Waals surface area contributed by atoms with Crippen molar-refractivity contribution in [3.8, 4) is 11.6 Å². The van der Waals surface area contributed by atoms with E-state index < -0.39 is 0 Å². The summed E-state index contributed by atoms with van der Waals surface area (Å²) in [6.07, 6.45) is 1.93. The molecule has 0 aliphatic rings. The quantitative estimate of drug-likeness (QED) is 0.199. The molecule has 0 fully saturated rings. The monoisotopic (exact) mass is 663 g/mol. The van der Waals surface area contributed by atoms with Crippen LogP contribution in [0.3, 0.4) is 0 Å². The van der Waals surface area contributed by atoms with E-state index in [4.69, 9.17) is 4.98 Å². The second-order valence-electron chi connectivity index (χ2n) is 8.43. The number of benzene rings is 4. The molecule has 3 aromatic heterocycles. The molecular formula is C30H18N3OPtS-. The van der Waals surface area contributed by atoms with Gasteiger partial charge in [0, 0.05) is 43.6 Å². The van der Waals surface area contributed by atoms with E-state index in [9.17, 15) is 5.11 Å². The maximum Gasteiger partial charge on any atom is 0.141 e. The van der Waals surface area contributed by atoms with Crippen LogP contribution in [0.25, 0.3) is 49.3 Å². The number of phenolic OH excluding ortho intramolecular Hbond substituents is 1. The molecule has 7 rings (SSSR count). The second-order valence-corrected chi connectivity index (χ2v) is 9.49. The number of fused-ring (bicyclic) bond motifs is 5. The smallest absolute Gasteiger partial charge is 0.141 e. The Kier molecular flexibility index (Phi) is 5.75. The number of pyridine rings is 2. The minimum atomic E-state index is 0. The minimum Gasteiger partial charge on any atom is -0.506 e. The van der Waals surface area contributed by atoms with Gasteiger partial charge in [0.05, 0.1) is 5.03 Å². The van der Waals surface area contributed by atoms with Crippen LogP contribution in [0.15, 0.2) is 113 Å². The zero-order valence-corrected chi connectivity index (χ0v) is 21.9. The summed E-state index contributed by atoms with van der Waals surface area (Å²) in [5.41, 5.74) is 2.67. The largest absolute Gasteiger partial charge is 0.506 e. The first-order chi connectivity index (χ1) is 17.2. The fourth-order valence-electron chi connectivity index (χ4n) is 4.65. The predicted molar refractivity (Wildman–Crippen MR) is 142 cm³/mol. The van der Waals surface area contributed by atoms with Gasteiger partial charge in [-0.1, -0.05) is 76.8 Å². The van der Waals surface area contributed by atoms with Crippen LogP contribution in [0.5, 0.6) is 5.75 Å². The Balaban J connectivity index is 0.00000240. The summed E-state index contributed by atoms with van der Waals surface area (Å²) in [5, 5.41) is 16.5. The van der Waals surface area contributed by atoms with Gasteiger partial charge in [0.25, 0.3) is 0 Å². The van der Waals surface area contributed by atoms with Crippen LogP contribution < -0.4 is 0 Å². The summed E-state index contributed by atoms with van der Waals surface area (Å²) in [4.78, 5) is 10.4. The zero-order valence-electron chi connectivity index (χ0n) is 18.8. The molecule has 0 saturated heterocycles. The van der Waals surface area contributed by atoms with E-state index in [1.165, 1.54) is 17.1 Å². The number of rotatable bonds is 3. The van der Waals surface area contributed by atoms with Crippen molar-refractivity contribution in [3.05, 3.63) is 109 Å². The van der Waals surface area contributed by atoms with Crippen LogP contribution in [0.4, 0.5) is 0 Å². The molecule has 4 nitrogen and oxygen atoms in total. The molecule has 0 saturated carbocycles. The van der Waals surface area contributed by atoms with Gasteiger partial charge in [-0.2, -0.15) is 12.1 Å². The molecule has 3 heterocycles. The summed E-state index contributed by atoms with van der Waals surface area (Å²) in [6, 6.07) is 36.0. The van der Waals surface area contributed by atoms with Gasteiger partial charge in [0.2, 0.25) is 0 Å². The Morgan fingerprint density at radius 1 is 0.750 bits per heavy atom. The summed E-state index contributed by atoms with van der Waals surface area (Å²) >= 11 is 1.53. The molecule has 0 atom stereocenters. The number of phenols is 1. The molecule has 36 heavy (non-hydrogen) atoms. The van der Waals surface area contributed by atoms with Gasteiger partial charge < -0.3 is 9.67 Å². The van der Waals surface area contributed by atoms with Gasteiger partial charge in [-0.3, -0.25) is 0 Å². The van der Waals surface area contributed by atoms with Crippen LogP contribution >= 0.6 is 11.8 Å². The van der Waals surface area contributed by atoms with Gasteiger partial charge in [-0.05, 0) is 41.1 Å². The molecule has 1 N–H and O–H groups in total. The van der Waals surface area contributed by atoms with Gasteiger partial charge in [-0.25, -0.2) is 9.97 Å². The van der Waals surface area contributed by atoms with Crippen LogP contribution in [0.1, 0.15) is 0 Å². The van der Waals surface area contributed by atoms with E-state index in [1.54, 1.807) is 6.07 Å². The topological polar surface area (TPSA) is 50.9 Å². The standard InChI is InChI=1S/C30H18N3OS.Pt/c34-27-11-5-8-19-12-15-29(32-30(19)27)35-22-13-14-24-23-9-3-4-10-25(23)33(26(24)17-22)28-16-20-6-1-2-7-21(20)18-31-28;/h1-16,18,34H;/q-1;. The number of aromatic hydroxyl groups is 1. The first-order valence-corrected chi connectivity index (χ1v) is 12.1. The molecule has 0 bridgehead atoms.